The van der Waals surface area contributed by atoms with Crippen LogP contribution in [0.3, 0.4) is 0 Å². The fourth-order valence-corrected chi connectivity index (χ4v) is 11.3. The first-order valence-electron chi connectivity index (χ1n) is 22.2. The lowest BCUT2D eigenvalue weighted by molar-refractivity contribution is -0.384. The molecule has 3 aliphatic rings. The number of aromatic nitrogens is 2. The number of sulfonamides is 1. The lowest BCUT2D eigenvalue weighted by Gasteiger charge is -2.39. The zero-order valence-electron chi connectivity index (χ0n) is 38.0. The number of Topliss-reactive ketones (excluding diaryl/α,β-unsaturated/α-hetero) is 1. The minimum atomic E-state index is -4.51. The number of allylic oxidation sites excluding steroid dienone is 1. The molecule has 1 unspecified atom stereocenters. The average Bonchev–Trinajstić information content (AvgIpc) is 3.76. The summed E-state index contributed by atoms with van der Waals surface area (Å²) in [6.07, 6.45) is 1.50. The van der Waals surface area contributed by atoms with Crippen molar-refractivity contribution in [1.82, 2.24) is 19.2 Å². The molecule has 368 valence electrons. The van der Waals surface area contributed by atoms with Crippen LogP contribution >= 0.6 is 11.6 Å². The number of pyridine rings is 1. The third-order valence-electron chi connectivity index (χ3n) is 12.8. The third kappa shape index (κ3) is 11.7. The number of H-pyrrole nitrogens is 1. The highest BCUT2D eigenvalue weighted by atomic mass is 35.5. The molecule has 5 aromatic rings. The van der Waals surface area contributed by atoms with E-state index in [-0.39, 0.29) is 59.4 Å². The van der Waals surface area contributed by atoms with Crippen molar-refractivity contribution in [3.63, 3.8) is 0 Å². The van der Waals surface area contributed by atoms with Crippen molar-refractivity contribution in [2.75, 3.05) is 81.2 Å². The summed E-state index contributed by atoms with van der Waals surface area (Å²) in [6, 6.07) is 15.2. The number of nitrogens with one attached hydrogen (secondary N) is 2. The van der Waals surface area contributed by atoms with Gasteiger partial charge < -0.3 is 24.7 Å². The zero-order chi connectivity index (χ0) is 49.5. The molecule has 0 amide bonds. The van der Waals surface area contributed by atoms with Crippen LogP contribution < -0.4 is 15.0 Å². The maximum absolute atomic E-state index is 14.1. The van der Waals surface area contributed by atoms with Crippen molar-refractivity contribution in [2.24, 2.45) is 5.41 Å². The summed E-state index contributed by atoms with van der Waals surface area (Å²) >= 11 is 6.53. The van der Waals surface area contributed by atoms with Gasteiger partial charge in [0.2, 0.25) is 10.0 Å². The quantitative estimate of drug-likeness (QED) is 0.0576. The van der Waals surface area contributed by atoms with Crippen molar-refractivity contribution in [2.45, 2.75) is 50.3 Å². The molecule has 1 atom stereocenters. The number of rotatable bonds is 15. The molecule has 0 bridgehead atoms. The lowest BCUT2D eigenvalue weighted by atomic mass is 9.72. The normalized spacial score (nSPS) is 18.7. The monoisotopic (exact) mass is 1010 g/mol. The Kier molecular flexibility index (Phi) is 14.2. The molecule has 2 fully saturated rings. The molecular weight excluding hydrogens is 963 g/mol. The van der Waals surface area contributed by atoms with Crippen molar-refractivity contribution >= 4 is 70.9 Å². The first kappa shape index (κ1) is 49.8. The van der Waals surface area contributed by atoms with Crippen LogP contribution in [-0.2, 0) is 30.8 Å². The molecule has 8 rings (SSSR count). The van der Waals surface area contributed by atoms with Gasteiger partial charge in [-0.05, 0) is 84.3 Å². The van der Waals surface area contributed by atoms with Gasteiger partial charge in [0, 0.05) is 86.8 Å². The maximum Gasteiger partial charge on any atom is 0.416 e. The summed E-state index contributed by atoms with van der Waals surface area (Å²) in [6.45, 7) is 7.67. The molecule has 4 heterocycles. The number of sulfone groups is 1. The van der Waals surface area contributed by atoms with E-state index in [4.69, 9.17) is 21.1 Å². The smallest absolute Gasteiger partial charge is 0.416 e. The van der Waals surface area contributed by atoms with Gasteiger partial charge in [-0.1, -0.05) is 37.1 Å². The van der Waals surface area contributed by atoms with E-state index in [0.29, 0.717) is 56.0 Å². The number of ketones is 1. The van der Waals surface area contributed by atoms with Crippen LogP contribution in [0.1, 0.15) is 54.6 Å². The standard InChI is InChI=1S/C47H51ClF3N7O9S2/c1-46(2)12-10-31(39(24-46)37-7-4-32(21-40(37)48)47(49,50)51)27-55-14-16-56(17-15-55)33-5-8-38(44(22-33)67-34-20-30-11-13-52-45(30)54-25-34)43(59)29-69(64,65)36-6-9-41(42(23-36)58(60)61)53-26-35-28-57(18-19-66-35)68(3,62)63/h4-9,11,13,20-23,25,35,53H,10,12,14-19,24,26-29H2,1-3H3,(H,52,54). The van der Waals surface area contributed by atoms with Crippen LogP contribution in [0.2, 0.25) is 5.02 Å². The first-order valence-corrected chi connectivity index (χ1v) is 26.1. The van der Waals surface area contributed by atoms with Gasteiger partial charge in [-0.25, -0.2) is 21.8 Å². The number of anilines is 2. The van der Waals surface area contributed by atoms with E-state index in [9.17, 15) is 44.9 Å². The Labute approximate surface area is 402 Å². The minimum absolute atomic E-state index is 0.000549. The summed E-state index contributed by atoms with van der Waals surface area (Å²) in [5, 5.41) is 15.9. The summed E-state index contributed by atoms with van der Waals surface area (Å²) in [5.74, 6) is -1.50. The Hall–Kier alpha value is -5.58. The molecule has 2 aliphatic heterocycles. The highest BCUT2D eigenvalue weighted by Gasteiger charge is 2.35. The van der Waals surface area contributed by atoms with Crippen LogP contribution in [0.5, 0.6) is 11.5 Å². The predicted octanol–water partition coefficient (Wildman–Crippen LogP) is 8.45. The number of fused-ring (bicyclic) bond motifs is 1. The molecule has 2 saturated heterocycles. The summed E-state index contributed by atoms with van der Waals surface area (Å²) in [5.41, 5.74) is 2.57. The largest absolute Gasteiger partial charge is 0.455 e. The summed E-state index contributed by atoms with van der Waals surface area (Å²) in [4.78, 5) is 36.9. The molecule has 0 saturated carbocycles. The fraction of sp³-hybridized carbons (Fsp3) is 0.404. The van der Waals surface area contributed by atoms with Gasteiger partial charge >= 0.3 is 6.18 Å². The number of aromatic amines is 1. The van der Waals surface area contributed by atoms with Gasteiger partial charge in [0.25, 0.3) is 5.69 Å². The van der Waals surface area contributed by atoms with E-state index in [1.807, 2.05) is 0 Å². The number of piperazine rings is 1. The third-order valence-corrected chi connectivity index (χ3v) is 16.0. The van der Waals surface area contributed by atoms with Crippen LogP contribution in [0.25, 0.3) is 16.6 Å². The number of nitro benzene ring substituents is 1. The second-order valence-corrected chi connectivity index (χ2v) is 22.7. The van der Waals surface area contributed by atoms with Crippen LogP contribution in [0, 0.1) is 15.5 Å². The summed E-state index contributed by atoms with van der Waals surface area (Å²) < 4.78 is 105. The van der Waals surface area contributed by atoms with Gasteiger partial charge in [0.1, 0.15) is 28.6 Å². The number of hydrogen-bond donors (Lipinski definition) is 2. The van der Waals surface area contributed by atoms with E-state index in [1.165, 1.54) is 28.7 Å². The van der Waals surface area contributed by atoms with Crippen molar-refractivity contribution in [3.8, 4) is 11.5 Å². The van der Waals surface area contributed by atoms with Gasteiger partial charge in [-0.2, -0.15) is 17.5 Å². The van der Waals surface area contributed by atoms with E-state index in [0.717, 1.165) is 59.9 Å². The predicted molar refractivity (Wildman–Crippen MR) is 256 cm³/mol. The van der Waals surface area contributed by atoms with Crippen molar-refractivity contribution < 1.29 is 49.2 Å². The Morgan fingerprint density at radius 2 is 1.80 bits per heavy atom. The van der Waals surface area contributed by atoms with Gasteiger partial charge in [0.05, 0.1) is 46.1 Å². The Balaban J connectivity index is 0.996. The molecule has 2 aromatic heterocycles. The number of hydrogen-bond acceptors (Lipinski definition) is 13. The summed E-state index contributed by atoms with van der Waals surface area (Å²) in [7, 11) is -7.95. The highest BCUT2D eigenvalue weighted by molar-refractivity contribution is 7.92. The zero-order valence-corrected chi connectivity index (χ0v) is 40.4. The van der Waals surface area contributed by atoms with E-state index >= 15 is 0 Å². The van der Waals surface area contributed by atoms with Gasteiger partial charge in [-0.3, -0.25) is 19.8 Å². The topological polar surface area (TPSA) is 197 Å². The van der Waals surface area contributed by atoms with Gasteiger partial charge in [0.15, 0.2) is 15.6 Å². The van der Waals surface area contributed by atoms with E-state index in [2.05, 4.69) is 38.9 Å². The molecule has 0 radical (unpaired) electrons. The Bertz CT molecular complexity index is 3050. The highest BCUT2D eigenvalue weighted by Crippen LogP contribution is 2.46. The minimum Gasteiger partial charge on any atom is -0.455 e. The van der Waals surface area contributed by atoms with Crippen LogP contribution in [0.4, 0.5) is 30.2 Å². The number of ether oxygens (including phenoxy) is 2. The first-order chi connectivity index (χ1) is 32.5. The molecular formula is C47H51ClF3N7O9S2. The second-order valence-electron chi connectivity index (χ2n) is 18.4. The second kappa shape index (κ2) is 19.7. The van der Waals surface area contributed by atoms with E-state index < -0.39 is 64.7 Å². The Morgan fingerprint density at radius 1 is 1.03 bits per heavy atom. The number of alkyl halides is 3. The van der Waals surface area contributed by atoms with Gasteiger partial charge in [-0.15, -0.1) is 0 Å². The molecule has 69 heavy (non-hydrogen) atoms. The number of halogens is 4. The number of morpholine rings is 1. The number of carbonyl (C=O) groups is 1. The Morgan fingerprint density at radius 3 is 2.51 bits per heavy atom. The number of carbonyl (C=O) groups excluding carboxylic acids is 1. The number of nitro groups is 1. The molecule has 2 N–H and O–H groups in total. The molecule has 22 heteroatoms. The number of nitrogens with zero attached hydrogens (tertiary/aromatic N) is 5. The van der Waals surface area contributed by atoms with Crippen molar-refractivity contribution in [1.29, 1.82) is 0 Å². The SMILES string of the molecule is CC1(C)CCC(CN2CCN(c3ccc(C(=O)CS(=O)(=O)c4ccc(NCC5CN(S(C)(=O)=O)CCO5)c([N+](=O)[O-])c4)c(Oc4cnc5[nH]ccc5c4)c3)CC2)=C(c2ccc(C(F)(F)F)cc2Cl)C1. The van der Waals surface area contributed by atoms with Crippen molar-refractivity contribution in [3.05, 3.63) is 117 Å². The molecule has 0 spiro atoms. The average molecular weight is 1010 g/mol. The fourth-order valence-electron chi connectivity index (χ4n) is 8.97. The lowest BCUT2D eigenvalue weighted by Crippen LogP contribution is -2.47. The number of benzene rings is 3. The maximum atomic E-state index is 14.1. The molecule has 3 aromatic carbocycles. The molecule has 1 aliphatic carbocycles. The van der Waals surface area contributed by atoms with Crippen LogP contribution in [0.15, 0.2) is 89.6 Å². The van der Waals surface area contributed by atoms with Crippen LogP contribution in [-0.4, -0.2) is 124 Å². The van der Waals surface area contributed by atoms with E-state index in [1.54, 1.807) is 30.5 Å². The molecule has 16 nitrogen and oxygen atoms in total.